The van der Waals surface area contributed by atoms with Gasteiger partial charge in [0.05, 0.1) is 22.9 Å². The van der Waals surface area contributed by atoms with E-state index in [1.54, 1.807) is 0 Å². The molecule has 0 radical (unpaired) electrons. The predicted molar refractivity (Wildman–Crippen MR) is 113 cm³/mol. The van der Waals surface area contributed by atoms with Gasteiger partial charge in [-0.25, -0.2) is 9.78 Å². The van der Waals surface area contributed by atoms with Crippen LogP contribution in [-0.4, -0.2) is 45.2 Å². The Labute approximate surface area is 173 Å². The number of carbonyl (C=O) groups excluding carboxylic acids is 1. The number of aromatic nitrogens is 2. The molecule has 4 rings (SSSR count). The summed E-state index contributed by atoms with van der Waals surface area (Å²) >= 11 is 0. The van der Waals surface area contributed by atoms with Gasteiger partial charge in [0.2, 0.25) is 0 Å². The third-order valence-corrected chi connectivity index (χ3v) is 5.98. The molecule has 1 aromatic carbocycles. The molecule has 1 saturated carbocycles. The van der Waals surface area contributed by atoms with E-state index in [0.717, 1.165) is 36.1 Å². The van der Waals surface area contributed by atoms with Gasteiger partial charge in [-0.05, 0) is 58.1 Å². The van der Waals surface area contributed by atoms with E-state index >= 15 is 0 Å². The summed E-state index contributed by atoms with van der Waals surface area (Å²) < 4.78 is 5.75. The van der Waals surface area contributed by atoms with Crippen molar-refractivity contribution >= 4 is 17.1 Å². The summed E-state index contributed by atoms with van der Waals surface area (Å²) in [6.07, 6.45) is 7.51. The van der Waals surface area contributed by atoms with E-state index in [1.165, 1.54) is 19.3 Å². The molecule has 156 valence electrons. The first-order valence-corrected chi connectivity index (χ1v) is 10.8. The van der Waals surface area contributed by atoms with Crippen molar-refractivity contribution in [1.82, 2.24) is 20.2 Å². The molecule has 0 bridgehead atoms. The third-order valence-electron chi connectivity index (χ3n) is 5.98. The average molecular weight is 397 g/mol. The molecule has 1 aliphatic carbocycles. The summed E-state index contributed by atoms with van der Waals surface area (Å²) in [7, 11) is 0. The van der Waals surface area contributed by atoms with E-state index in [2.05, 4.69) is 15.3 Å². The van der Waals surface area contributed by atoms with Crippen LogP contribution < -0.4 is 5.32 Å². The number of hydrogen-bond donors (Lipinski definition) is 1. The van der Waals surface area contributed by atoms with Gasteiger partial charge in [-0.3, -0.25) is 4.98 Å². The van der Waals surface area contributed by atoms with Gasteiger partial charge in [0.15, 0.2) is 0 Å². The number of ether oxygens (including phenoxy) is 1. The largest absolute Gasteiger partial charge is 0.444 e. The Morgan fingerprint density at radius 3 is 2.76 bits per heavy atom. The summed E-state index contributed by atoms with van der Waals surface area (Å²) in [4.78, 5) is 24.2. The van der Waals surface area contributed by atoms with Crippen molar-refractivity contribution in [2.24, 2.45) is 5.92 Å². The fourth-order valence-corrected chi connectivity index (χ4v) is 4.79. The normalized spacial score (nSPS) is 24.5. The highest BCUT2D eigenvalue weighted by molar-refractivity contribution is 5.73. The predicted octanol–water partition coefficient (Wildman–Crippen LogP) is 4.29. The highest BCUT2D eigenvalue weighted by Gasteiger charge is 2.45. The quantitative estimate of drug-likeness (QED) is 0.835. The Kier molecular flexibility index (Phi) is 5.72. The van der Waals surface area contributed by atoms with Gasteiger partial charge in [-0.15, -0.1) is 0 Å². The van der Waals surface area contributed by atoms with Gasteiger partial charge in [-0.2, -0.15) is 0 Å². The number of likely N-dealkylation sites (tertiary alicyclic amines) is 1. The molecule has 1 N–H and O–H groups in total. The molecular formula is C23H32N4O2. The highest BCUT2D eigenvalue weighted by Crippen LogP contribution is 2.40. The van der Waals surface area contributed by atoms with E-state index in [4.69, 9.17) is 4.74 Å². The van der Waals surface area contributed by atoms with Crippen LogP contribution >= 0.6 is 0 Å². The Morgan fingerprint density at radius 2 is 1.97 bits per heavy atom. The third kappa shape index (κ3) is 4.69. The monoisotopic (exact) mass is 396 g/mol. The lowest BCUT2D eigenvalue weighted by Gasteiger charge is -2.35. The zero-order chi connectivity index (χ0) is 20.4. The molecule has 6 heteroatoms. The molecule has 0 unspecified atom stereocenters. The van der Waals surface area contributed by atoms with Crippen molar-refractivity contribution in [3.05, 3.63) is 36.2 Å². The molecule has 0 spiro atoms. The van der Waals surface area contributed by atoms with Gasteiger partial charge >= 0.3 is 6.09 Å². The van der Waals surface area contributed by atoms with Crippen molar-refractivity contribution < 1.29 is 9.53 Å². The number of para-hydroxylation sites is 2. The average Bonchev–Trinajstić information content (AvgIpc) is 3.05. The Balaban J connectivity index is 1.41. The van der Waals surface area contributed by atoms with Gasteiger partial charge in [0.1, 0.15) is 5.60 Å². The second kappa shape index (κ2) is 8.27. The smallest absolute Gasteiger partial charge is 0.410 e. The second-order valence-electron chi connectivity index (χ2n) is 9.37. The van der Waals surface area contributed by atoms with Crippen LogP contribution in [-0.2, 0) is 11.3 Å². The summed E-state index contributed by atoms with van der Waals surface area (Å²) in [5.74, 6) is 0.600. The summed E-state index contributed by atoms with van der Waals surface area (Å²) in [6, 6.07) is 8.40. The SMILES string of the molecule is CC(C)(C)OC(=O)N1[C@@H](CNCc2cnc3ccccc3n2)C[C@@H]2CCCC[C@@H]21. The number of hydrogen-bond acceptors (Lipinski definition) is 5. The molecule has 2 aliphatic rings. The molecule has 2 heterocycles. The molecule has 2 fully saturated rings. The van der Waals surface area contributed by atoms with Crippen molar-refractivity contribution in [3.63, 3.8) is 0 Å². The first-order chi connectivity index (χ1) is 13.9. The summed E-state index contributed by atoms with van der Waals surface area (Å²) in [5.41, 5.74) is 2.27. The minimum absolute atomic E-state index is 0.163. The maximum Gasteiger partial charge on any atom is 0.410 e. The maximum absolute atomic E-state index is 13.0. The van der Waals surface area contributed by atoms with Crippen molar-refractivity contribution in [1.29, 1.82) is 0 Å². The van der Waals surface area contributed by atoms with Crippen LogP contribution in [0, 0.1) is 5.92 Å². The Morgan fingerprint density at radius 1 is 1.21 bits per heavy atom. The molecule has 2 aromatic rings. The molecule has 1 amide bonds. The lowest BCUT2D eigenvalue weighted by molar-refractivity contribution is 0.0104. The number of benzene rings is 1. The van der Waals surface area contributed by atoms with Gasteiger partial charge in [0.25, 0.3) is 0 Å². The van der Waals surface area contributed by atoms with E-state index in [1.807, 2.05) is 56.1 Å². The van der Waals surface area contributed by atoms with Crippen LogP contribution in [0.15, 0.2) is 30.5 Å². The fraction of sp³-hybridized carbons (Fsp3) is 0.609. The number of nitrogens with zero attached hydrogens (tertiary/aromatic N) is 3. The van der Waals surface area contributed by atoms with E-state index < -0.39 is 5.60 Å². The second-order valence-corrected chi connectivity index (χ2v) is 9.37. The van der Waals surface area contributed by atoms with Crippen molar-refractivity contribution in [3.8, 4) is 0 Å². The molecule has 6 nitrogen and oxygen atoms in total. The number of rotatable bonds is 4. The highest BCUT2D eigenvalue weighted by atomic mass is 16.6. The first kappa shape index (κ1) is 20.1. The van der Waals surface area contributed by atoms with Crippen LogP contribution in [0.25, 0.3) is 11.0 Å². The zero-order valence-corrected chi connectivity index (χ0v) is 17.7. The summed E-state index contributed by atoms with van der Waals surface area (Å²) in [6.45, 7) is 7.20. The van der Waals surface area contributed by atoms with Gasteiger partial charge in [0, 0.05) is 25.2 Å². The van der Waals surface area contributed by atoms with Crippen LogP contribution in [0.2, 0.25) is 0 Å². The minimum Gasteiger partial charge on any atom is -0.444 e. The molecule has 1 aliphatic heterocycles. The molecule has 1 aromatic heterocycles. The lowest BCUT2D eigenvalue weighted by Crippen LogP contribution is -2.48. The lowest BCUT2D eigenvalue weighted by atomic mass is 9.85. The molecular weight excluding hydrogens is 364 g/mol. The van der Waals surface area contributed by atoms with Crippen LogP contribution in [0.1, 0.15) is 58.6 Å². The molecule has 3 atom stereocenters. The van der Waals surface area contributed by atoms with Crippen LogP contribution in [0.3, 0.4) is 0 Å². The number of amides is 1. The van der Waals surface area contributed by atoms with E-state index in [0.29, 0.717) is 18.5 Å². The van der Waals surface area contributed by atoms with Gasteiger partial charge in [-0.1, -0.05) is 25.0 Å². The van der Waals surface area contributed by atoms with E-state index in [-0.39, 0.29) is 12.1 Å². The summed E-state index contributed by atoms with van der Waals surface area (Å²) in [5, 5.41) is 3.51. The van der Waals surface area contributed by atoms with Crippen LogP contribution in [0.4, 0.5) is 4.79 Å². The van der Waals surface area contributed by atoms with Crippen LogP contribution in [0.5, 0.6) is 0 Å². The first-order valence-electron chi connectivity index (χ1n) is 10.8. The standard InChI is InChI=1S/C23H32N4O2/c1-23(2,3)29-22(28)27-18(12-16-8-4-7-11-21(16)27)15-24-13-17-14-25-19-9-5-6-10-20(19)26-17/h5-6,9-10,14,16,18,21,24H,4,7-8,11-13,15H2,1-3H3/t16-,18+,21-/m0/s1. The van der Waals surface area contributed by atoms with Gasteiger partial charge < -0.3 is 15.0 Å². The molecule has 1 saturated heterocycles. The number of nitrogens with one attached hydrogen (secondary N) is 1. The minimum atomic E-state index is -0.470. The Bertz CT molecular complexity index is 863. The zero-order valence-electron chi connectivity index (χ0n) is 17.7. The number of fused-ring (bicyclic) bond motifs is 2. The topological polar surface area (TPSA) is 67.3 Å². The van der Waals surface area contributed by atoms with E-state index in [9.17, 15) is 4.79 Å². The Hall–Kier alpha value is -2.21. The maximum atomic E-state index is 13.0. The van der Waals surface area contributed by atoms with Crippen molar-refractivity contribution in [2.75, 3.05) is 6.54 Å². The number of carbonyl (C=O) groups is 1. The van der Waals surface area contributed by atoms with Crippen molar-refractivity contribution in [2.45, 2.75) is 77.1 Å². The fourth-order valence-electron chi connectivity index (χ4n) is 4.79. The molecule has 29 heavy (non-hydrogen) atoms.